The summed E-state index contributed by atoms with van der Waals surface area (Å²) in [6.45, 7) is 2.16. The van der Waals surface area contributed by atoms with E-state index < -0.39 is 0 Å². The minimum Gasteiger partial charge on any atom is -0.496 e. The van der Waals surface area contributed by atoms with Gasteiger partial charge in [-0.15, -0.1) is 0 Å². The van der Waals surface area contributed by atoms with E-state index in [-0.39, 0.29) is 0 Å². The SMILES string of the molecule is COc1cc(C(C)CCBr)c(OC)cc1Cl. The molecular weight excluding hydrogens is 291 g/mol. The highest BCUT2D eigenvalue weighted by Gasteiger charge is 2.14. The first kappa shape index (κ1) is 13.7. The molecule has 0 saturated heterocycles. The highest BCUT2D eigenvalue weighted by atomic mass is 79.9. The monoisotopic (exact) mass is 306 g/mol. The molecule has 0 aliphatic carbocycles. The number of ether oxygens (including phenoxy) is 2. The maximum atomic E-state index is 6.05. The third-order valence-corrected chi connectivity index (χ3v) is 3.33. The van der Waals surface area contributed by atoms with Crippen LogP contribution in [0.1, 0.15) is 24.8 Å². The number of hydrogen-bond acceptors (Lipinski definition) is 2. The van der Waals surface area contributed by atoms with Crippen molar-refractivity contribution in [2.75, 3.05) is 19.5 Å². The maximum absolute atomic E-state index is 6.05. The van der Waals surface area contributed by atoms with Crippen molar-refractivity contribution in [1.29, 1.82) is 0 Å². The van der Waals surface area contributed by atoms with Crippen LogP contribution in [0, 0.1) is 0 Å². The van der Waals surface area contributed by atoms with Gasteiger partial charge >= 0.3 is 0 Å². The highest BCUT2D eigenvalue weighted by molar-refractivity contribution is 9.09. The number of benzene rings is 1. The number of alkyl halides is 1. The Morgan fingerprint density at radius 3 is 2.38 bits per heavy atom. The summed E-state index contributed by atoms with van der Waals surface area (Å²) in [5, 5.41) is 1.54. The van der Waals surface area contributed by atoms with Gasteiger partial charge in [0.2, 0.25) is 0 Å². The number of hydrogen-bond donors (Lipinski definition) is 0. The lowest BCUT2D eigenvalue weighted by molar-refractivity contribution is 0.396. The van der Waals surface area contributed by atoms with Crippen molar-refractivity contribution in [2.45, 2.75) is 19.3 Å². The summed E-state index contributed by atoms with van der Waals surface area (Å²) >= 11 is 9.49. The first-order chi connectivity index (χ1) is 7.63. The molecule has 1 rings (SSSR count). The second kappa shape index (κ2) is 6.36. The van der Waals surface area contributed by atoms with Crippen LogP contribution in [0.3, 0.4) is 0 Å². The van der Waals surface area contributed by atoms with Gasteiger partial charge in [0.05, 0.1) is 19.2 Å². The van der Waals surface area contributed by atoms with Crippen molar-refractivity contribution >= 4 is 27.5 Å². The average Bonchev–Trinajstić information content (AvgIpc) is 2.28. The van der Waals surface area contributed by atoms with Gasteiger partial charge in [-0.25, -0.2) is 0 Å². The van der Waals surface area contributed by atoms with Crippen molar-refractivity contribution in [2.24, 2.45) is 0 Å². The van der Waals surface area contributed by atoms with Crippen LogP contribution in [0.2, 0.25) is 5.02 Å². The number of halogens is 2. The van der Waals surface area contributed by atoms with Crippen molar-refractivity contribution in [3.8, 4) is 11.5 Å². The predicted molar refractivity (Wildman–Crippen MR) is 71.4 cm³/mol. The van der Waals surface area contributed by atoms with Crippen LogP contribution in [-0.2, 0) is 0 Å². The smallest absolute Gasteiger partial charge is 0.138 e. The van der Waals surface area contributed by atoms with Gasteiger partial charge in [-0.2, -0.15) is 0 Å². The zero-order valence-electron chi connectivity index (χ0n) is 9.72. The van der Waals surface area contributed by atoms with Gasteiger partial charge in [0.1, 0.15) is 11.5 Å². The van der Waals surface area contributed by atoms with Crippen LogP contribution in [0.15, 0.2) is 12.1 Å². The molecule has 0 bridgehead atoms. The third-order valence-electron chi connectivity index (χ3n) is 2.58. The summed E-state index contributed by atoms with van der Waals surface area (Å²) < 4.78 is 10.6. The zero-order chi connectivity index (χ0) is 12.1. The molecule has 4 heteroatoms. The van der Waals surface area contributed by atoms with E-state index in [2.05, 4.69) is 22.9 Å². The fourth-order valence-corrected chi connectivity index (χ4v) is 2.51. The first-order valence-electron chi connectivity index (χ1n) is 5.11. The maximum Gasteiger partial charge on any atom is 0.138 e. The minimum absolute atomic E-state index is 0.403. The van der Waals surface area contributed by atoms with E-state index in [1.54, 1.807) is 20.3 Å². The van der Waals surface area contributed by atoms with E-state index in [1.165, 1.54) is 0 Å². The van der Waals surface area contributed by atoms with Crippen LogP contribution >= 0.6 is 27.5 Å². The van der Waals surface area contributed by atoms with Crippen molar-refractivity contribution in [1.82, 2.24) is 0 Å². The Kier molecular flexibility index (Phi) is 5.42. The number of methoxy groups -OCH3 is 2. The molecule has 0 aliphatic heterocycles. The third kappa shape index (κ3) is 3.05. The average molecular weight is 308 g/mol. The Balaban J connectivity index is 3.13. The van der Waals surface area contributed by atoms with Gasteiger partial charge in [-0.05, 0) is 18.4 Å². The van der Waals surface area contributed by atoms with Crippen LogP contribution in [-0.4, -0.2) is 19.5 Å². The van der Waals surface area contributed by atoms with Crippen LogP contribution < -0.4 is 9.47 Å². The molecule has 0 amide bonds. The molecule has 1 aromatic rings. The van der Waals surface area contributed by atoms with Gasteiger partial charge in [0.25, 0.3) is 0 Å². The number of rotatable bonds is 5. The fourth-order valence-electron chi connectivity index (χ4n) is 1.59. The molecule has 0 heterocycles. The van der Waals surface area contributed by atoms with E-state index in [1.807, 2.05) is 6.07 Å². The summed E-state index contributed by atoms with van der Waals surface area (Å²) in [5.74, 6) is 1.92. The van der Waals surface area contributed by atoms with Crippen molar-refractivity contribution in [3.05, 3.63) is 22.7 Å². The van der Waals surface area contributed by atoms with E-state index in [0.717, 1.165) is 23.1 Å². The normalized spacial score (nSPS) is 12.3. The molecule has 90 valence electrons. The van der Waals surface area contributed by atoms with Crippen LogP contribution in [0.4, 0.5) is 0 Å². The van der Waals surface area contributed by atoms with Crippen molar-refractivity contribution in [3.63, 3.8) is 0 Å². The lowest BCUT2D eigenvalue weighted by Gasteiger charge is -2.16. The summed E-state index contributed by atoms with van der Waals surface area (Å²) in [4.78, 5) is 0. The Morgan fingerprint density at radius 1 is 1.25 bits per heavy atom. The van der Waals surface area contributed by atoms with E-state index >= 15 is 0 Å². The molecular formula is C12H16BrClO2. The molecule has 0 aromatic heterocycles. The van der Waals surface area contributed by atoms with E-state index in [0.29, 0.717) is 16.7 Å². The van der Waals surface area contributed by atoms with Gasteiger partial charge < -0.3 is 9.47 Å². The van der Waals surface area contributed by atoms with E-state index in [9.17, 15) is 0 Å². The van der Waals surface area contributed by atoms with Crippen molar-refractivity contribution < 1.29 is 9.47 Å². The molecule has 0 N–H and O–H groups in total. The molecule has 16 heavy (non-hydrogen) atoms. The van der Waals surface area contributed by atoms with Crippen LogP contribution in [0.5, 0.6) is 11.5 Å². The Morgan fingerprint density at radius 2 is 1.88 bits per heavy atom. The molecule has 0 spiro atoms. The van der Waals surface area contributed by atoms with Gasteiger partial charge in [-0.3, -0.25) is 0 Å². The summed E-state index contributed by atoms with van der Waals surface area (Å²) in [6.07, 6.45) is 1.04. The first-order valence-corrected chi connectivity index (χ1v) is 6.61. The van der Waals surface area contributed by atoms with Gasteiger partial charge in [0, 0.05) is 17.0 Å². The summed E-state index contributed by atoms with van der Waals surface area (Å²) in [6, 6.07) is 3.76. The molecule has 1 atom stereocenters. The lowest BCUT2D eigenvalue weighted by Crippen LogP contribution is -2.00. The molecule has 0 aliphatic rings. The second-order valence-electron chi connectivity index (χ2n) is 3.61. The van der Waals surface area contributed by atoms with E-state index in [4.69, 9.17) is 21.1 Å². The van der Waals surface area contributed by atoms with Crippen LogP contribution in [0.25, 0.3) is 0 Å². The zero-order valence-corrected chi connectivity index (χ0v) is 12.1. The summed E-state index contributed by atoms with van der Waals surface area (Å²) in [5.41, 5.74) is 1.13. The molecule has 0 fully saturated rings. The predicted octanol–water partition coefficient (Wildman–Crippen LogP) is 4.25. The second-order valence-corrected chi connectivity index (χ2v) is 4.81. The molecule has 1 unspecified atom stereocenters. The lowest BCUT2D eigenvalue weighted by atomic mass is 9.97. The Hall–Kier alpha value is -0.410. The molecule has 0 saturated carbocycles. The molecule has 1 aromatic carbocycles. The van der Waals surface area contributed by atoms with Gasteiger partial charge in [0.15, 0.2) is 0 Å². The highest BCUT2D eigenvalue weighted by Crippen LogP contribution is 2.37. The molecule has 0 radical (unpaired) electrons. The largest absolute Gasteiger partial charge is 0.496 e. The molecule has 2 nitrogen and oxygen atoms in total. The Bertz CT molecular complexity index is 355. The topological polar surface area (TPSA) is 18.5 Å². The summed E-state index contributed by atoms with van der Waals surface area (Å²) in [7, 11) is 3.27. The van der Waals surface area contributed by atoms with Gasteiger partial charge in [-0.1, -0.05) is 34.5 Å². The minimum atomic E-state index is 0.403. The Labute approximate surface area is 110 Å². The standard InChI is InChI=1S/C12H16BrClO2/c1-8(4-5-13)9-6-12(16-3)10(14)7-11(9)15-2/h6-8H,4-5H2,1-3H3. The fraction of sp³-hybridized carbons (Fsp3) is 0.500. The quantitative estimate of drug-likeness (QED) is 0.757.